The number of likely N-dealkylation sites (N-methyl/N-ethyl adjacent to an activating group) is 2. The molecule has 0 saturated heterocycles. The maximum Gasteiger partial charge on any atom is 0.244 e. The van der Waals surface area contributed by atoms with Crippen LogP contribution < -0.4 is 15.6 Å². The molecular weight excluding hydrogens is 314 g/mol. The summed E-state index contributed by atoms with van der Waals surface area (Å²) >= 11 is 0. The Kier molecular flexibility index (Phi) is 6.56. The number of benzene rings is 2. The van der Waals surface area contributed by atoms with Crippen molar-refractivity contribution < 1.29 is 9.63 Å². The van der Waals surface area contributed by atoms with Crippen molar-refractivity contribution in [3.8, 4) is 5.75 Å². The normalized spacial score (nSPS) is 12.3. The number of hydrogen-bond donors (Lipinski definition) is 1. The first-order valence-corrected chi connectivity index (χ1v) is 8.42. The minimum atomic E-state index is -0.212. The van der Waals surface area contributed by atoms with E-state index in [1.54, 1.807) is 4.90 Å². The van der Waals surface area contributed by atoms with Crippen LogP contribution in [0.15, 0.2) is 54.6 Å². The molecule has 5 nitrogen and oxygen atoms in total. The number of para-hydroxylation sites is 1. The van der Waals surface area contributed by atoms with E-state index in [2.05, 4.69) is 18.7 Å². The molecule has 5 heteroatoms. The van der Waals surface area contributed by atoms with E-state index in [0.717, 1.165) is 11.3 Å². The van der Waals surface area contributed by atoms with Gasteiger partial charge in [0.25, 0.3) is 0 Å². The van der Waals surface area contributed by atoms with E-state index in [4.69, 9.17) is 10.7 Å². The zero-order valence-corrected chi connectivity index (χ0v) is 15.3. The zero-order chi connectivity index (χ0) is 18.4. The second-order valence-electron chi connectivity index (χ2n) is 6.60. The third-order valence-corrected chi connectivity index (χ3v) is 4.32. The van der Waals surface area contributed by atoms with Crippen molar-refractivity contribution in [1.29, 1.82) is 0 Å². The molecule has 1 unspecified atom stereocenters. The third-order valence-electron chi connectivity index (χ3n) is 4.32. The highest BCUT2D eigenvalue weighted by molar-refractivity contribution is 5.96. The molecule has 0 fully saturated rings. The molecule has 0 aliphatic carbocycles. The van der Waals surface area contributed by atoms with Crippen LogP contribution in [0.4, 0.5) is 5.69 Å². The smallest absolute Gasteiger partial charge is 0.244 e. The molecule has 1 amide bonds. The van der Waals surface area contributed by atoms with Crippen molar-refractivity contribution in [3.05, 3.63) is 60.2 Å². The van der Waals surface area contributed by atoms with Gasteiger partial charge in [-0.05, 0) is 42.8 Å². The Labute approximate surface area is 149 Å². The third kappa shape index (κ3) is 4.81. The van der Waals surface area contributed by atoms with E-state index in [1.807, 2.05) is 68.7 Å². The highest BCUT2D eigenvalue weighted by atomic mass is 16.6. The molecule has 25 heavy (non-hydrogen) atoms. The van der Waals surface area contributed by atoms with Crippen LogP contribution in [0.1, 0.15) is 19.4 Å². The second-order valence-corrected chi connectivity index (χ2v) is 6.60. The molecular formula is C20H27N3O2. The van der Waals surface area contributed by atoms with E-state index >= 15 is 0 Å². The summed E-state index contributed by atoms with van der Waals surface area (Å²) < 4.78 is 0. The molecule has 1 atom stereocenters. The summed E-state index contributed by atoms with van der Waals surface area (Å²) in [5, 5.41) is 0. The van der Waals surface area contributed by atoms with Gasteiger partial charge in [0.1, 0.15) is 5.75 Å². The standard InChI is InChI=1S/C20H27N3O2/c1-15(2)19(20(24)23(4)17-8-6-5-7-9-17)22(3)14-16-10-12-18(25-21)13-11-16/h5-13,15,19H,14,21H2,1-4H3. The molecule has 0 aromatic heterocycles. The summed E-state index contributed by atoms with van der Waals surface area (Å²) in [5.74, 6) is 6.05. The van der Waals surface area contributed by atoms with Gasteiger partial charge in [-0.1, -0.05) is 44.2 Å². The lowest BCUT2D eigenvalue weighted by atomic mass is 10.0. The predicted molar refractivity (Wildman–Crippen MR) is 101 cm³/mol. The van der Waals surface area contributed by atoms with E-state index in [1.165, 1.54) is 0 Å². The van der Waals surface area contributed by atoms with Crippen LogP contribution in [0.5, 0.6) is 5.75 Å². The van der Waals surface area contributed by atoms with Crippen molar-refractivity contribution in [3.63, 3.8) is 0 Å². The van der Waals surface area contributed by atoms with Gasteiger partial charge < -0.3 is 9.74 Å². The van der Waals surface area contributed by atoms with Crippen LogP contribution in [0, 0.1) is 5.92 Å². The van der Waals surface area contributed by atoms with Gasteiger partial charge in [0, 0.05) is 19.3 Å². The summed E-state index contributed by atoms with van der Waals surface area (Å²) in [7, 11) is 3.81. The van der Waals surface area contributed by atoms with Gasteiger partial charge in [-0.15, -0.1) is 0 Å². The predicted octanol–water partition coefficient (Wildman–Crippen LogP) is 3.06. The minimum Gasteiger partial charge on any atom is -0.412 e. The average molecular weight is 341 g/mol. The van der Waals surface area contributed by atoms with Crippen LogP contribution in [-0.2, 0) is 11.3 Å². The maximum atomic E-state index is 13.1. The Balaban J connectivity index is 2.13. The average Bonchev–Trinajstić information content (AvgIpc) is 2.62. The molecule has 134 valence electrons. The molecule has 0 saturated carbocycles. The quantitative estimate of drug-likeness (QED) is 0.787. The van der Waals surface area contributed by atoms with Gasteiger partial charge in [-0.2, -0.15) is 5.90 Å². The first-order valence-electron chi connectivity index (χ1n) is 8.42. The highest BCUT2D eigenvalue weighted by Crippen LogP contribution is 2.20. The fraction of sp³-hybridized carbons (Fsp3) is 0.350. The first kappa shape index (κ1) is 19.0. The molecule has 0 radical (unpaired) electrons. The van der Waals surface area contributed by atoms with Crippen LogP contribution in [0.25, 0.3) is 0 Å². The Morgan fingerprint density at radius 3 is 2.16 bits per heavy atom. The lowest BCUT2D eigenvalue weighted by Crippen LogP contribution is -2.48. The minimum absolute atomic E-state index is 0.0885. The Bertz CT molecular complexity index is 671. The van der Waals surface area contributed by atoms with Crippen molar-refractivity contribution in [1.82, 2.24) is 4.90 Å². The van der Waals surface area contributed by atoms with Crippen LogP contribution >= 0.6 is 0 Å². The van der Waals surface area contributed by atoms with Gasteiger partial charge in [0.05, 0.1) is 6.04 Å². The Hall–Kier alpha value is -2.37. The number of nitrogens with two attached hydrogens (primary N) is 1. The SMILES string of the molecule is CC(C)C(C(=O)N(C)c1ccccc1)N(C)Cc1ccc(ON)cc1. The summed E-state index contributed by atoms with van der Waals surface area (Å²) in [4.78, 5) is 21.6. The van der Waals surface area contributed by atoms with Gasteiger partial charge >= 0.3 is 0 Å². The fourth-order valence-corrected chi connectivity index (χ4v) is 3.02. The van der Waals surface area contributed by atoms with Crippen molar-refractivity contribution in [2.24, 2.45) is 11.8 Å². The molecule has 2 N–H and O–H groups in total. The molecule has 0 spiro atoms. The van der Waals surface area contributed by atoms with Crippen molar-refractivity contribution in [2.45, 2.75) is 26.4 Å². The first-order chi connectivity index (χ1) is 11.9. The topological polar surface area (TPSA) is 58.8 Å². The summed E-state index contributed by atoms with van der Waals surface area (Å²) in [6, 6.07) is 17.1. The van der Waals surface area contributed by atoms with E-state index in [9.17, 15) is 4.79 Å². The van der Waals surface area contributed by atoms with Gasteiger partial charge in [-0.25, -0.2) is 0 Å². The highest BCUT2D eigenvalue weighted by Gasteiger charge is 2.29. The largest absolute Gasteiger partial charge is 0.412 e. The number of amides is 1. The number of nitrogens with zero attached hydrogens (tertiary/aromatic N) is 2. The number of carbonyl (C=O) groups is 1. The number of rotatable bonds is 7. The van der Waals surface area contributed by atoms with Crippen LogP contribution in [0.3, 0.4) is 0 Å². The van der Waals surface area contributed by atoms with E-state index in [-0.39, 0.29) is 17.9 Å². The molecule has 0 bridgehead atoms. The fourth-order valence-electron chi connectivity index (χ4n) is 3.02. The van der Waals surface area contributed by atoms with E-state index in [0.29, 0.717) is 12.3 Å². The van der Waals surface area contributed by atoms with Gasteiger partial charge in [0.2, 0.25) is 5.91 Å². The summed E-state index contributed by atoms with van der Waals surface area (Å²) in [6.07, 6.45) is 0. The van der Waals surface area contributed by atoms with Crippen molar-refractivity contribution in [2.75, 3.05) is 19.0 Å². The number of carbonyl (C=O) groups excluding carboxylic acids is 1. The lowest BCUT2D eigenvalue weighted by molar-refractivity contribution is -0.124. The monoisotopic (exact) mass is 341 g/mol. The second kappa shape index (κ2) is 8.65. The molecule has 0 aliphatic rings. The molecule has 0 heterocycles. The van der Waals surface area contributed by atoms with Crippen LogP contribution in [-0.4, -0.2) is 30.9 Å². The molecule has 2 rings (SSSR count). The number of hydrogen-bond acceptors (Lipinski definition) is 4. The van der Waals surface area contributed by atoms with Gasteiger partial charge in [-0.3, -0.25) is 9.69 Å². The molecule has 0 aliphatic heterocycles. The van der Waals surface area contributed by atoms with Crippen molar-refractivity contribution >= 4 is 11.6 Å². The van der Waals surface area contributed by atoms with E-state index < -0.39 is 0 Å². The zero-order valence-electron chi connectivity index (χ0n) is 15.3. The maximum absolute atomic E-state index is 13.1. The summed E-state index contributed by atoms with van der Waals surface area (Å²) in [6.45, 7) is 4.81. The number of anilines is 1. The molecule has 2 aromatic rings. The van der Waals surface area contributed by atoms with Gasteiger partial charge in [0.15, 0.2) is 0 Å². The Morgan fingerprint density at radius 2 is 1.64 bits per heavy atom. The lowest BCUT2D eigenvalue weighted by Gasteiger charge is -2.33. The van der Waals surface area contributed by atoms with Crippen LogP contribution in [0.2, 0.25) is 0 Å². The summed E-state index contributed by atoms with van der Waals surface area (Å²) in [5.41, 5.74) is 2.00. The molecule has 2 aromatic carbocycles. The Morgan fingerprint density at radius 1 is 1.04 bits per heavy atom.